The Labute approximate surface area is 125 Å². The molecule has 0 spiro atoms. The lowest BCUT2D eigenvalue weighted by Crippen LogP contribution is -2.18. The first kappa shape index (κ1) is 13.7. The van der Waals surface area contributed by atoms with E-state index in [4.69, 9.17) is 0 Å². The Balaban J connectivity index is 1.79. The molecular weight excluding hydrogens is 258 g/mol. The summed E-state index contributed by atoms with van der Waals surface area (Å²) in [6, 6.07) is 22.3. The zero-order valence-corrected chi connectivity index (χ0v) is 12.1. The highest BCUT2D eigenvalue weighted by Crippen LogP contribution is 2.24. The summed E-state index contributed by atoms with van der Waals surface area (Å²) < 4.78 is 0. The van der Waals surface area contributed by atoms with E-state index in [0.717, 1.165) is 12.1 Å². The number of hydrogen-bond acceptors (Lipinski definition) is 2. The lowest BCUT2D eigenvalue weighted by Gasteiger charge is -2.16. The minimum absolute atomic E-state index is 0.102. The number of benzene rings is 3. The molecule has 0 heterocycles. The van der Waals surface area contributed by atoms with Gasteiger partial charge in [0.2, 0.25) is 0 Å². The summed E-state index contributed by atoms with van der Waals surface area (Å²) in [6.45, 7) is 2.84. The number of nitrogens with one attached hydrogen (secondary N) is 1. The Kier molecular flexibility index (Phi) is 3.89. The molecular formula is C19H19NO. The molecule has 0 fully saturated rings. The summed E-state index contributed by atoms with van der Waals surface area (Å²) in [6.07, 6.45) is 0. The molecule has 3 rings (SSSR count). The fraction of sp³-hybridized carbons (Fsp3) is 0.158. The molecule has 0 aliphatic heterocycles. The van der Waals surface area contributed by atoms with Gasteiger partial charge in [-0.15, -0.1) is 0 Å². The molecule has 0 bridgehead atoms. The van der Waals surface area contributed by atoms with Crippen LogP contribution in [0.2, 0.25) is 0 Å². The van der Waals surface area contributed by atoms with Gasteiger partial charge in [-0.1, -0.05) is 60.7 Å². The van der Waals surface area contributed by atoms with E-state index in [1.54, 1.807) is 6.07 Å². The van der Waals surface area contributed by atoms with Crippen LogP contribution in [0.25, 0.3) is 10.8 Å². The van der Waals surface area contributed by atoms with Crippen LogP contribution >= 0.6 is 0 Å². The molecule has 3 aromatic carbocycles. The molecule has 0 aliphatic rings. The summed E-state index contributed by atoms with van der Waals surface area (Å²) in [5, 5.41) is 15.9. The highest BCUT2D eigenvalue weighted by molar-refractivity contribution is 5.85. The van der Waals surface area contributed by atoms with Crippen molar-refractivity contribution in [1.82, 2.24) is 5.32 Å². The zero-order chi connectivity index (χ0) is 14.7. The predicted octanol–water partition coefficient (Wildman–Crippen LogP) is 4.40. The Bertz CT molecular complexity index is 746. The van der Waals surface area contributed by atoms with E-state index < -0.39 is 0 Å². The molecule has 2 nitrogen and oxygen atoms in total. The van der Waals surface area contributed by atoms with Crippen LogP contribution < -0.4 is 5.32 Å². The predicted molar refractivity (Wildman–Crippen MR) is 87.3 cm³/mol. The first-order valence-corrected chi connectivity index (χ1v) is 7.23. The SMILES string of the molecule is CC(NCc1cccc2ccccc12)c1ccccc1O. The molecule has 3 aromatic rings. The molecule has 0 aliphatic carbocycles. The van der Waals surface area contributed by atoms with Crippen molar-refractivity contribution in [3.05, 3.63) is 77.9 Å². The largest absolute Gasteiger partial charge is 0.508 e. The molecule has 0 radical (unpaired) electrons. The van der Waals surface area contributed by atoms with Gasteiger partial charge in [0.25, 0.3) is 0 Å². The van der Waals surface area contributed by atoms with Gasteiger partial charge in [-0.2, -0.15) is 0 Å². The first-order chi connectivity index (χ1) is 10.3. The van der Waals surface area contributed by atoms with Crippen LogP contribution in [0, 0.1) is 0 Å². The fourth-order valence-corrected chi connectivity index (χ4v) is 2.67. The summed E-state index contributed by atoms with van der Waals surface area (Å²) >= 11 is 0. The van der Waals surface area contributed by atoms with Gasteiger partial charge in [0.05, 0.1) is 0 Å². The number of phenolic OH excluding ortho intramolecular Hbond substituents is 1. The number of rotatable bonds is 4. The van der Waals surface area contributed by atoms with Crippen molar-refractivity contribution in [2.45, 2.75) is 19.5 Å². The van der Waals surface area contributed by atoms with E-state index in [2.05, 4.69) is 54.7 Å². The molecule has 0 saturated heterocycles. The minimum atomic E-state index is 0.102. The Morgan fingerprint density at radius 2 is 1.62 bits per heavy atom. The van der Waals surface area contributed by atoms with Crippen LogP contribution in [-0.4, -0.2) is 5.11 Å². The summed E-state index contributed by atoms with van der Waals surface area (Å²) in [7, 11) is 0. The maximum Gasteiger partial charge on any atom is 0.120 e. The Hall–Kier alpha value is -2.32. The second kappa shape index (κ2) is 5.98. The lowest BCUT2D eigenvalue weighted by atomic mass is 10.0. The number of phenols is 1. The molecule has 2 N–H and O–H groups in total. The molecule has 21 heavy (non-hydrogen) atoms. The summed E-state index contributed by atoms with van der Waals surface area (Å²) in [4.78, 5) is 0. The first-order valence-electron chi connectivity index (χ1n) is 7.23. The second-order valence-electron chi connectivity index (χ2n) is 5.30. The van der Waals surface area contributed by atoms with Gasteiger partial charge in [-0.3, -0.25) is 0 Å². The molecule has 1 atom stereocenters. The summed E-state index contributed by atoms with van der Waals surface area (Å²) in [5.41, 5.74) is 2.20. The van der Waals surface area contributed by atoms with Crippen molar-refractivity contribution in [1.29, 1.82) is 0 Å². The van der Waals surface area contributed by atoms with Crippen LogP contribution in [0.4, 0.5) is 0 Å². The van der Waals surface area contributed by atoms with Gasteiger partial charge in [0.15, 0.2) is 0 Å². The number of para-hydroxylation sites is 1. The highest BCUT2D eigenvalue weighted by atomic mass is 16.3. The fourth-order valence-electron chi connectivity index (χ4n) is 2.67. The number of aromatic hydroxyl groups is 1. The third-order valence-electron chi connectivity index (χ3n) is 3.88. The van der Waals surface area contributed by atoms with Crippen molar-refractivity contribution in [2.75, 3.05) is 0 Å². The van der Waals surface area contributed by atoms with Gasteiger partial charge < -0.3 is 10.4 Å². The van der Waals surface area contributed by atoms with Crippen molar-refractivity contribution in [3.63, 3.8) is 0 Å². The average Bonchev–Trinajstić information content (AvgIpc) is 2.53. The molecule has 1 unspecified atom stereocenters. The van der Waals surface area contributed by atoms with Crippen LogP contribution in [0.3, 0.4) is 0 Å². The van der Waals surface area contributed by atoms with E-state index in [9.17, 15) is 5.11 Å². The van der Waals surface area contributed by atoms with Crippen molar-refractivity contribution < 1.29 is 5.11 Å². The smallest absolute Gasteiger partial charge is 0.120 e. The Morgan fingerprint density at radius 1 is 0.905 bits per heavy atom. The number of hydrogen-bond donors (Lipinski definition) is 2. The van der Waals surface area contributed by atoms with Crippen LogP contribution in [-0.2, 0) is 6.54 Å². The van der Waals surface area contributed by atoms with E-state index in [1.807, 2.05) is 18.2 Å². The topological polar surface area (TPSA) is 32.3 Å². The van der Waals surface area contributed by atoms with Crippen molar-refractivity contribution in [3.8, 4) is 5.75 Å². The molecule has 106 valence electrons. The Morgan fingerprint density at radius 3 is 2.48 bits per heavy atom. The molecule has 0 aromatic heterocycles. The molecule has 0 saturated carbocycles. The third kappa shape index (κ3) is 2.91. The van der Waals surface area contributed by atoms with Gasteiger partial charge in [0.1, 0.15) is 5.75 Å². The summed E-state index contributed by atoms with van der Waals surface area (Å²) in [5.74, 6) is 0.343. The quantitative estimate of drug-likeness (QED) is 0.741. The van der Waals surface area contributed by atoms with E-state index in [0.29, 0.717) is 5.75 Å². The van der Waals surface area contributed by atoms with E-state index in [1.165, 1.54) is 16.3 Å². The van der Waals surface area contributed by atoms with Gasteiger partial charge >= 0.3 is 0 Å². The van der Waals surface area contributed by atoms with Crippen molar-refractivity contribution >= 4 is 10.8 Å². The van der Waals surface area contributed by atoms with Crippen molar-refractivity contribution in [2.24, 2.45) is 0 Å². The molecule has 2 heteroatoms. The zero-order valence-electron chi connectivity index (χ0n) is 12.1. The highest BCUT2D eigenvalue weighted by Gasteiger charge is 2.09. The minimum Gasteiger partial charge on any atom is -0.508 e. The average molecular weight is 277 g/mol. The standard InChI is InChI=1S/C19H19NO/c1-14(17-10-4-5-12-19(17)21)20-13-16-9-6-8-15-7-2-3-11-18(15)16/h2-12,14,20-21H,13H2,1H3. The van der Waals surface area contributed by atoms with Gasteiger partial charge in [0, 0.05) is 18.2 Å². The van der Waals surface area contributed by atoms with E-state index in [-0.39, 0.29) is 6.04 Å². The monoisotopic (exact) mass is 277 g/mol. The van der Waals surface area contributed by atoms with Crippen LogP contribution in [0.15, 0.2) is 66.7 Å². The molecule has 0 amide bonds. The third-order valence-corrected chi connectivity index (χ3v) is 3.88. The van der Waals surface area contributed by atoms with Crippen LogP contribution in [0.1, 0.15) is 24.1 Å². The van der Waals surface area contributed by atoms with Crippen LogP contribution in [0.5, 0.6) is 5.75 Å². The van der Waals surface area contributed by atoms with E-state index >= 15 is 0 Å². The lowest BCUT2D eigenvalue weighted by molar-refractivity contribution is 0.452. The van der Waals surface area contributed by atoms with Gasteiger partial charge in [-0.05, 0) is 29.3 Å². The number of fused-ring (bicyclic) bond motifs is 1. The maximum atomic E-state index is 9.91. The second-order valence-corrected chi connectivity index (χ2v) is 5.30. The normalized spacial score (nSPS) is 12.4. The maximum absolute atomic E-state index is 9.91. The van der Waals surface area contributed by atoms with Gasteiger partial charge in [-0.25, -0.2) is 0 Å².